The third-order valence-electron chi connectivity index (χ3n) is 4.10. The number of halogens is 2. The molecule has 1 atom stereocenters. The molecule has 1 nitrogen and oxygen atoms in total. The van der Waals surface area contributed by atoms with E-state index >= 15 is 0 Å². The lowest BCUT2D eigenvalue weighted by molar-refractivity contribution is 0.108. The zero-order valence-corrected chi connectivity index (χ0v) is 9.47. The van der Waals surface area contributed by atoms with Crippen molar-refractivity contribution in [1.29, 1.82) is 0 Å². The minimum absolute atomic E-state index is 0.0265. The summed E-state index contributed by atoms with van der Waals surface area (Å²) in [5.41, 5.74) is 6.41. The van der Waals surface area contributed by atoms with Gasteiger partial charge in [0.1, 0.15) is 11.6 Å². The Hall–Kier alpha value is -0.960. The van der Waals surface area contributed by atoms with E-state index in [1.165, 1.54) is 6.07 Å². The smallest absolute Gasteiger partial charge is 0.129 e. The molecule has 2 rings (SSSR count). The van der Waals surface area contributed by atoms with Crippen molar-refractivity contribution in [3.05, 3.63) is 35.4 Å². The summed E-state index contributed by atoms with van der Waals surface area (Å²) in [7, 11) is 0. The molecule has 1 aromatic carbocycles. The molecule has 2 N–H and O–H groups in total. The van der Waals surface area contributed by atoms with E-state index in [9.17, 15) is 8.78 Å². The van der Waals surface area contributed by atoms with Crippen LogP contribution in [-0.4, -0.2) is 6.54 Å². The van der Waals surface area contributed by atoms with E-state index in [1.807, 2.05) is 6.92 Å². The lowest BCUT2D eigenvalue weighted by atomic mass is 9.60. The van der Waals surface area contributed by atoms with Gasteiger partial charge >= 0.3 is 0 Å². The van der Waals surface area contributed by atoms with Crippen LogP contribution in [0.15, 0.2) is 18.2 Å². The van der Waals surface area contributed by atoms with E-state index in [-0.39, 0.29) is 11.3 Å². The summed E-state index contributed by atoms with van der Waals surface area (Å²) >= 11 is 0. The van der Waals surface area contributed by atoms with Crippen molar-refractivity contribution in [3.8, 4) is 0 Å². The predicted molar refractivity (Wildman–Crippen MR) is 60.1 cm³/mol. The quantitative estimate of drug-likeness (QED) is 0.840. The van der Waals surface area contributed by atoms with E-state index in [4.69, 9.17) is 5.73 Å². The molecule has 1 saturated carbocycles. The molecule has 0 saturated heterocycles. The molecule has 16 heavy (non-hydrogen) atoms. The molecule has 1 unspecified atom stereocenters. The Morgan fingerprint density at radius 1 is 1.38 bits per heavy atom. The maximum Gasteiger partial charge on any atom is 0.129 e. The number of hydrogen-bond donors (Lipinski definition) is 1. The van der Waals surface area contributed by atoms with Gasteiger partial charge in [0.15, 0.2) is 0 Å². The molecule has 88 valence electrons. The van der Waals surface area contributed by atoms with Gasteiger partial charge in [0.25, 0.3) is 0 Å². The van der Waals surface area contributed by atoms with E-state index in [1.54, 1.807) is 6.07 Å². The van der Waals surface area contributed by atoms with Crippen molar-refractivity contribution in [2.75, 3.05) is 6.54 Å². The van der Waals surface area contributed by atoms with Gasteiger partial charge in [-0.3, -0.25) is 0 Å². The van der Waals surface area contributed by atoms with Crippen molar-refractivity contribution >= 4 is 0 Å². The van der Waals surface area contributed by atoms with Crippen LogP contribution in [0.4, 0.5) is 8.78 Å². The first kappa shape index (κ1) is 11.5. The lowest BCUT2D eigenvalue weighted by Gasteiger charge is -2.46. The number of hydrogen-bond acceptors (Lipinski definition) is 1. The second kappa shape index (κ2) is 4.13. The van der Waals surface area contributed by atoms with Gasteiger partial charge in [-0.05, 0) is 42.3 Å². The Labute approximate surface area is 94.7 Å². The fourth-order valence-electron chi connectivity index (χ4n) is 2.63. The van der Waals surface area contributed by atoms with E-state index in [2.05, 4.69) is 0 Å². The molecule has 0 amide bonds. The molecule has 1 aliphatic carbocycles. The van der Waals surface area contributed by atoms with Crippen LogP contribution in [0, 0.1) is 17.0 Å². The Kier molecular flexibility index (Phi) is 2.98. The molecule has 0 spiro atoms. The number of rotatable bonds is 3. The molecular weight excluding hydrogens is 208 g/mol. The zero-order valence-electron chi connectivity index (χ0n) is 9.47. The average Bonchev–Trinajstić information content (AvgIpc) is 2.16. The number of benzene rings is 1. The predicted octanol–water partition coefficient (Wildman–Crippen LogP) is 3.20. The first-order valence-electron chi connectivity index (χ1n) is 5.74. The van der Waals surface area contributed by atoms with E-state index in [0.29, 0.717) is 12.1 Å². The molecule has 0 radical (unpaired) electrons. The monoisotopic (exact) mass is 225 g/mol. The van der Waals surface area contributed by atoms with Crippen LogP contribution in [0.2, 0.25) is 0 Å². The van der Waals surface area contributed by atoms with Crippen molar-refractivity contribution in [1.82, 2.24) is 0 Å². The van der Waals surface area contributed by atoms with Gasteiger partial charge in [-0.1, -0.05) is 19.4 Å². The van der Waals surface area contributed by atoms with Gasteiger partial charge in [-0.25, -0.2) is 8.78 Å². The Morgan fingerprint density at radius 3 is 2.50 bits per heavy atom. The molecule has 0 aromatic heterocycles. The third-order valence-corrected chi connectivity index (χ3v) is 4.10. The Bertz CT molecular complexity index is 380. The van der Waals surface area contributed by atoms with Crippen LogP contribution in [-0.2, 0) is 0 Å². The summed E-state index contributed by atoms with van der Waals surface area (Å²) in [4.78, 5) is 0. The molecule has 0 bridgehead atoms. The van der Waals surface area contributed by atoms with Crippen molar-refractivity contribution in [3.63, 3.8) is 0 Å². The Morgan fingerprint density at radius 2 is 2.06 bits per heavy atom. The van der Waals surface area contributed by atoms with Crippen LogP contribution in [0.25, 0.3) is 0 Å². The summed E-state index contributed by atoms with van der Waals surface area (Å²) in [6.07, 6.45) is 3.24. The topological polar surface area (TPSA) is 26.0 Å². The number of nitrogens with two attached hydrogens (primary N) is 1. The maximum absolute atomic E-state index is 13.6. The molecule has 3 heteroatoms. The summed E-state index contributed by atoms with van der Waals surface area (Å²) in [6, 6.07) is 3.82. The summed E-state index contributed by atoms with van der Waals surface area (Å²) in [5.74, 6) is -0.914. The van der Waals surface area contributed by atoms with Crippen molar-refractivity contribution < 1.29 is 8.78 Å². The second-order valence-electron chi connectivity index (χ2n) is 4.81. The highest BCUT2D eigenvalue weighted by Gasteiger charge is 2.41. The molecule has 0 aliphatic heterocycles. The lowest BCUT2D eigenvalue weighted by Crippen LogP contribution is -2.41. The van der Waals surface area contributed by atoms with Crippen molar-refractivity contribution in [2.24, 2.45) is 11.1 Å². The molecule has 0 heterocycles. The van der Waals surface area contributed by atoms with E-state index in [0.717, 1.165) is 25.3 Å². The maximum atomic E-state index is 13.6. The molecule has 1 fully saturated rings. The highest BCUT2D eigenvalue weighted by Crippen LogP contribution is 2.50. The summed E-state index contributed by atoms with van der Waals surface area (Å²) in [5, 5.41) is 0. The van der Waals surface area contributed by atoms with E-state index < -0.39 is 11.6 Å². The van der Waals surface area contributed by atoms with Gasteiger partial charge < -0.3 is 5.73 Å². The van der Waals surface area contributed by atoms with Crippen LogP contribution in [0.1, 0.15) is 37.7 Å². The zero-order chi connectivity index (χ0) is 11.8. The van der Waals surface area contributed by atoms with Gasteiger partial charge in [0.05, 0.1) is 0 Å². The van der Waals surface area contributed by atoms with Crippen LogP contribution in [0.5, 0.6) is 0 Å². The highest BCUT2D eigenvalue weighted by atomic mass is 19.1. The van der Waals surface area contributed by atoms with Gasteiger partial charge in [-0.2, -0.15) is 0 Å². The first-order valence-corrected chi connectivity index (χ1v) is 5.74. The standard InChI is InChI=1S/C13H17F2N/c1-9(13(8-16)5-2-6-13)11-4-3-10(14)7-12(11)15/h3-4,7,9H,2,5-6,8,16H2,1H3. The minimum atomic E-state index is -0.524. The Balaban J connectivity index is 2.29. The van der Waals surface area contributed by atoms with Gasteiger partial charge in [-0.15, -0.1) is 0 Å². The second-order valence-corrected chi connectivity index (χ2v) is 4.81. The summed E-state index contributed by atoms with van der Waals surface area (Å²) < 4.78 is 26.5. The third kappa shape index (κ3) is 1.73. The molecule has 1 aliphatic rings. The first-order chi connectivity index (χ1) is 7.59. The minimum Gasteiger partial charge on any atom is -0.330 e. The normalized spacial score (nSPS) is 20.2. The fourth-order valence-corrected chi connectivity index (χ4v) is 2.63. The largest absolute Gasteiger partial charge is 0.330 e. The van der Waals surface area contributed by atoms with Crippen LogP contribution in [0.3, 0.4) is 0 Å². The van der Waals surface area contributed by atoms with Crippen LogP contribution < -0.4 is 5.73 Å². The average molecular weight is 225 g/mol. The molecule has 1 aromatic rings. The molecular formula is C13H17F2N. The summed E-state index contributed by atoms with van der Waals surface area (Å²) in [6.45, 7) is 2.56. The SMILES string of the molecule is CC(c1ccc(F)cc1F)C1(CN)CCC1. The van der Waals surface area contributed by atoms with Gasteiger partial charge in [0, 0.05) is 6.07 Å². The highest BCUT2D eigenvalue weighted by molar-refractivity contribution is 5.25. The van der Waals surface area contributed by atoms with Crippen LogP contribution >= 0.6 is 0 Å². The fraction of sp³-hybridized carbons (Fsp3) is 0.538. The van der Waals surface area contributed by atoms with Crippen molar-refractivity contribution in [2.45, 2.75) is 32.1 Å². The van der Waals surface area contributed by atoms with Gasteiger partial charge in [0.2, 0.25) is 0 Å².